The van der Waals surface area contributed by atoms with Gasteiger partial charge in [-0.3, -0.25) is 4.79 Å². The molecule has 4 nitrogen and oxygen atoms in total. The first-order chi connectivity index (χ1) is 13.6. The molecule has 0 fully saturated rings. The molecule has 0 radical (unpaired) electrons. The van der Waals surface area contributed by atoms with Gasteiger partial charge in [0.05, 0.1) is 18.8 Å². The van der Waals surface area contributed by atoms with Crippen molar-refractivity contribution in [3.05, 3.63) is 74.2 Å². The zero-order valence-corrected chi connectivity index (χ0v) is 19.1. The van der Waals surface area contributed by atoms with E-state index in [1.807, 2.05) is 33.8 Å². The first-order valence-electron chi connectivity index (χ1n) is 10.1. The summed E-state index contributed by atoms with van der Waals surface area (Å²) in [6.45, 7) is 13.5. The van der Waals surface area contributed by atoms with E-state index in [9.17, 15) is 9.90 Å². The number of hydrogen-bond acceptors (Lipinski definition) is 4. The molecule has 1 heterocycles. The predicted molar refractivity (Wildman–Crippen MR) is 121 cm³/mol. The summed E-state index contributed by atoms with van der Waals surface area (Å²) < 4.78 is 10.9. The van der Waals surface area contributed by atoms with Crippen molar-refractivity contribution in [2.45, 2.75) is 67.4 Å². The Morgan fingerprint density at radius 2 is 1.86 bits per heavy atom. The molecule has 160 valence electrons. The third-order valence-corrected chi connectivity index (χ3v) is 5.21. The molecule has 0 saturated carbocycles. The Bertz CT molecular complexity index is 866. The van der Waals surface area contributed by atoms with Gasteiger partial charge in [0.15, 0.2) is 5.43 Å². The molecule has 0 aromatic carbocycles. The van der Waals surface area contributed by atoms with Crippen molar-refractivity contribution in [2.24, 2.45) is 5.92 Å². The molecule has 1 aromatic rings. The molecule has 29 heavy (non-hydrogen) atoms. The molecular weight excluding hydrogens is 364 g/mol. The Morgan fingerprint density at radius 3 is 2.45 bits per heavy atom. The van der Waals surface area contributed by atoms with Crippen molar-refractivity contribution in [1.82, 2.24) is 0 Å². The predicted octanol–water partition coefficient (Wildman–Crippen LogP) is 5.61. The summed E-state index contributed by atoms with van der Waals surface area (Å²) in [5.41, 5.74) is 4.40. The van der Waals surface area contributed by atoms with E-state index in [0.717, 1.165) is 17.6 Å². The van der Waals surface area contributed by atoms with Crippen LogP contribution in [0, 0.1) is 19.8 Å². The lowest BCUT2D eigenvalue weighted by Crippen LogP contribution is -2.17. The first-order valence-corrected chi connectivity index (χ1v) is 10.1. The summed E-state index contributed by atoms with van der Waals surface area (Å²) in [5.74, 6) is 0.987. The van der Waals surface area contributed by atoms with Crippen LogP contribution in [0.3, 0.4) is 0 Å². The molecule has 0 aliphatic rings. The van der Waals surface area contributed by atoms with Crippen LogP contribution in [0.25, 0.3) is 0 Å². The third-order valence-electron chi connectivity index (χ3n) is 5.21. The minimum Gasteiger partial charge on any atom is -0.468 e. The Kier molecular flexibility index (Phi) is 9.90. The number of methoxy groups -OCH3 is 1. The highest BCUT2D eigenvalue weighted by Crippen LogP contribution is 2.20. The summed E-state index contributed by atoms with van der Waals surface area (Å²) in [5, 5.41) is 10.2. The summed E-state index contributed by atoms with van der Waals surface area (Å²) >= 11 is 0. The van der Waals surface area contributed by atoms with E-state index >= 15 is 0 Å². The van der Waals surface area contributed by atoms with Crippen LogP contribution in [0.4, 0.5) is 0 Å². The molecule has 0 amide bonds. The molecule has 0 aliphatic carbocycles. The maximum Gasteiger partial charge on any atom is 0.291 e. The molecule has 0 spiro atoms. The van der Waals surface area contributed by atoms with Gasteiger partial charge in [0.25, 0.3) is 5.95 Å². The van der Waals surface area contributed by atoms with Crippen molar-refractivity contribution in [1.29, 1.82) is 0 Å². The number of rotatable bonds is 9. The van der Waals surface area contributed by atoms with Gasteiger partial charge in [-0.25, -0.2) is 0 Å². The van der Waals surface area contributed by atoms with Crippen molar-refractivity contribution in [3.63, 3.8) is 0 Å². The molecule has 0 aliphatic heterocycles. The van der Waals surface area contributed by atoms with Gasteiger partial charge in [-0.05, 0) is 53.5 Å². The zero-order chi connectivity index (χ0) is 22.1. The van der Waals surface area contributed by atoms with Gasteiger partial charge in [-0.2, -0.15) is 0 Å². The second-order valence-corrected chi connectivity index (χ2v) is 7.70. The lowest BCUT2D eigenvalue weighted by molar-refractivity contribution is 0.173. The molecule has 4 heteroatoms. The number of ether oxygens (including phenoxy) is 1. The summed E-state index contributed by atoms with van der Waals surface area (Å²) in [7, 11) is 1.51. The molecule has 2 atom stereocenters. The van der Waals surface area contributed by atoms with Crippen molar-refractivity contribution in [2.75, 3.05) is 7.11 Å². The number of aliphatic hydroxyl groups excluding tert-OH is 1. The fourth-order valence-corrected chi connectivity index (χ4v) is 3.08. The smallest absolute Gasteiger partial charge is 0.291 e. The largest absolute Gasteiger partial charge is 0.468 e. The average Bonchev–Trinajstić information content (AvgIpc) is 2.70. The van der Waals surface area contributed by atoms with Gasteiger partial charge >= 0.3 is 0 Å². The van der Waals surface area contributed by atoms with Crippen LogP contribution in [0.5, 0.6) is 5.95 Å². The van der Waals surface area contributed by atoms with Crippen molar-refractivity contribution in [3.8, 4) is 5.95 Å². The Balaban J connectivity index is 2.77. The molecule has 0 bridgehead atoms. The van der Waals surface area contributed by atoms with Gasteiger partial charge in [-0.1, -0.05) is 48.5 Å². The summed E-state index contributed by atoms with van der Waals surface area (Å²) in [6.07, 6.45) is 11.2. The van der Waals surface area contributed by atoms with Gasteiger partial charge in [0, 0.05) is 17.9 Å². The van der Waals surface area contributed by atoms with E-state index in [-0.39, 0.29) is 17.3 Å². The second-order valence-electron chi connectivity index (χ2n) is 7.70. The highest BCUT2D eigenvalue weighted by molar-refractivity contribution is 5.30. The van der Waals surface area contributed by atoms with Gasteiger partial charge in [-0.15, -0.1) is 0 Å². The van der Waals surface area contributed by atoms with Crippen LogP contribution < -0.4 is 10.2 Å². The number of aliphatic hydroxyl groups is 1. The second kappa shape index (κ2) is 11.6. The Morgan fingerprint density at radius 1 is 1.21 bits per heavy atom. The average molecular weight is 401 g/mol. The molecular formula is C25H36O4. The lowest BCUT2D eigenvalue weighted by atomic mass is 9.96. The van der Waals surface area contributed by atoms with Crippen LogP contribution >= 0.6 is 0 Å². The SMILES string of the molecule is C/C=C(\C)C(O)C(C)/C=C(C)/C=C/C/C(C)=C/Cc1oc(OC)c(C)c(=O)c1C. The molecule has 2 unspecified atom stereocenters. The normalized spacial score (nSPS) is 15.7. The Hall–Kier alpha value is -2.33. The van der Waals surface area contributed by atoms with Crippen molar-refractivity contribution >= 4 is 0 Å². The van der Waals surface area contributed by atoms with Gasteiger partial charge in [0.1, 0.15) is 5.76 Å². The summed E-state index contributed by atoms with van der Waals surface area (Å²) in [6, 6.07) is 0. The quantitative estimate of drug-likeness (QED) is 0.432. The topological polar surface area (TPSA) is 59.7 Å². The maximum absolute atomic E-state index is 12.3. The molecule has 1 aromatic heterocycles. The first kappa shape index (κ1) is 24.7. The van der Waals surface area contributed by atoms with Crippen LogP contribution in [-0.2, 0) is 6.42 Å². The minimum atomic E-state index is -0.450. The highest BCUT2D eigenvalue weighted by atomic mass is 16.6. The van der Waals surface area contributed by atoms with E-state index in [0.29, 0.717) is 23.3 Å². The Labute approximate surface area is 175 Å². The number of hydrogen-bond donors (Lipinski definition) is 1. The van der Waals surface area contributed by atoms with E-state index < -0.39 is 6.10 Å². The maximum atomic E-state index is 12.3. The van der Waals surface area contributed by atoms with Gasteiger partial charge < -0.3 is 14.3 Å². The zero-order valence-electron chi connectivity index (χ0n) is 19.1. The van der Waals surface area contributed by atoms with Crippen LogP contribution in [0.1, 0.15) is 57.9 Å². The fourth-order valence-electron chi connectivity index (χ4n) is 3.08. The third kappa shape index (κ3) is 7.21. The summed E-state index contributed by atoms with van der Waals surface area (Å²) in [4.78, 5) is 12.3. The van der Waals surface area contributed by atoms with Crippen molar-refractivity contribution < 1.29 is 14.3 Å². The van der Waals surface area contributed by atoms with Crippen LogP contribution in [0.2, 0.25) is 0 Å². The number of allylic oxidation sites excluding steroid dienone is 6. The van der Waals surface area contributed by atoms with E-state index in [1.165, 1.54) is 12.7 Å². The molecule has 0 saturated heterocycles. The van der Waals surface area contributed by atoms with Crippen LogP contribution in [0.15, 0.2) is 56.3 Å². The molecule has 1 rings (SSSR count). The fraction of sp³-hybridized carbons (Fsp3) is 0.480. The van der Waals surface area contributed by atoms with Gasteiger partial charge in [0.2, 0.25) is 0 Å². The van der Waals surface area contributed by atoms with Crippen LogP contribution in [-0.4, -0.2) is 18.3 Å². The van der Waals surface area contributed by atoms with E-state index in [2.05, 4.69) is 31.2 Å². The monoisotopic (exact) mass is 400 g/mol. The van der Waals surface area contributed by atoms with E-state index in [1.54, 1.807) is 13.8 Å². The minimum absolute atomic E-state index is 0.0285. The van der Waals surface area contributed by atoms with E-state index in [4.69, 9.17) is 9.15 Å². The standard InChI is InChI=1S/C25H36O4/c1-9-18(4)23(26)19(5)15-17(3)12-10-11-16(2)13-14-22-20(6)24(27)21(7)25(28-8)29-22/h9-10,12-13,15,19,23,26H,11,14H2,1-8H3/b12-10+,16-13+,17-15+,18-9+. The highest BCUT2D eigenvalue weighted by Gasteiger charge is 2.14. The lowest BCUT2D eigenvalue weighted by Gasteiger charge is -2.16. The molecule has 1 N–H and O–H groups in total.